The third-order valence-electron chi connectivity index (χ3n) is 1.59. The number of hydrogen-bond acceptors (Lipinski definition) is 4. The molecule has 0 saturated carbocycles. The number of rotatable bonds is 1. The Morgan fingerprint density at radius 3 is 2.71 bits per heavy atom. The molecule has 0 aromatic carbocycles. The van der Waals surface area contributed by atoms with Gasteiger partial charge in [0.25, 0.3) is 5.56 Å². The van der Waals surface area contributed by atoms with Gasteiger partial charge in [-0.2, -0.15) is 0 Å². The summed E-state index contributed by atoms with van der Waals surface area (Å²) in [6.45, 7) is 0. The Hall–Kier alpha value is -1.56. The molecule has 0 fully saturated rings. The van der Waals surface area contributed by atoms with E-state index in [1.54, 1.807) is 0 Å². The van der Waals surface area contributed by atoms with Crippen LogP contribution >= 0.6 is 15.9 Å². The van der Waals surface area contributed by atoms with Crippen LogP contribution in [0.4, 0.5) is 0 Å². The quantitative estimate of drug-likeness (QED) is 0.822. The van der Waals surface area contributed by atoms with Crippen molar-refractivity contribution in [2.75, 3.05) is 0 Å². The monoisotopic (exact) mass is 252 g/mol. The maximum Gasteiger partial charge on any atom is 0.274 e. The van der Waals surface area contributed by atoms with E-state index in [1.165, 1.54) is 24.9 Å². The normalized spacial score (nSPS) is 10.1. The predicted molar refractivity (Wildman–Crippen MR) is 53.6 cm³/mol. The lowest BCUT2D eigenvalue weighted by Gasteiger charge is -1.97. The molecule has 0 unspecified atom stereocenters. The molecule has 2 aromatic heterocycles. The van der Waals surface area contributed by atoms with Crippen molar-refractivity contribution in [1.82, 2.24) is 19.9 Å². The van der Waals surface area contributed by atoms with E-state index in [4.69, 9.17) is 0 Å². The van der Waals surface area contributed by atoms with Crippen molar-refractivity contribution in [1.29, 1.82) is 0 Å². The number of hydrogen-bond donors (Lipinski definition) is 1. The Bertz CT molecular complexity index is 496. The van der Waals surface area contributed by atoms with E-state index < -0.39 is 0 Å². The van der Waals surface area contributed by atoms with E-state index in [2.05, 4.69) is 35.9 Å². The first-order valence-corrected chi connectivity index (χ1v) is 4.57. The average molecular weight is 253 g/mol. The van der Waals surface area contributed by atoms with Gasteiger partial charge in [0.15, 0.2) is 0 Å². The van der Waals surface area contributed by atoms with Gasteiger partial charge < -0.3 is 4.98 Å². The van der Waals surface area contributed by atoms with Crippen molar-refractivity contribution in [3.63, 3.8) is 0 Å². The SMILES string of the molecule is O=c1[nH]cc(Br)nc1-c1cncnc1. The van der Waals surface area contributed by atoms with Crippen LogP contribution in [-0.4, -0.2) is 19.9 Å². The van der Waals surface area contributed by atoms with Gasteiger partial charge in [-0.25, -0.2) is 15.0 Å². The molecule has 1 N–H and O–H groups in total. The second-order valence-electron chi connectivity index (χ2n) is 2.53. The summed E-state index contributed by atoms with van der Waals surface area (Å²) in [5.41, 5.74) is 0.637. The molecule has 0 aliphatic carbocycles. The highest BCUT2D eigenvalue weighted by Crippen LogP contribution is 2.11. The van der Waals surface area contributed by atoms with Crippen molar-refractivity contribution in [3.8, 4) is 11.3 Å². The first-order chi connectivity index (χ1) is 6.77. The minimum absolute atomic E-state index is 0.261. The molecule has 2 aromatic rings. The van der Waals surface area contributed by atoms with Crippen LogP contribution in [0.2, 0.25) is 0 Å². The van der Waals surface area contributed by atoms with Crippen LogP contribution in [-0.2, 0) is 0 Å². The molecule has 0 aliphatic rings. The van der Waals surface area contributed by atoms with E-state index in [9.17, 15) is 4.79 Å². The predicted octanol–water partition coefficient (Wildman–Crippen LogP) is 0.989. The molecule has 2 heterocycles. The molecule has 70 valence electrons. The highest BCUT2D eigenvalue weighted by atomic mass is 79.9. The lowest BCUT2D eigenvalue weighted by atomic mass is 10.2. The lowest BCUT2D eigenvalue weighted by molar-refractivity contribution is 1.09. The topological polar surface area (TPSA) is 71.5 Å². The number of nitrogens with zero attached hydrogens (tertiary/aromatic N) is 3. The standard InChI is InChI=1S/C8H5BrN4O/c9-6-3-12-8(14)7(13-6)5-1-10-4-11-2-5/h1-4H,(H,12,14). The molecule has 0 spiro atoms. The first-order valence-electron chi connectivity index (χ1n) is 3.78. The fraction of sp³-hybridized carbons (Fsp3) is 0. The maximum atomic E-state index is 11.4. The van der Waals surface area contributed by atoms with E-state index in [0.29, 0.717) is 15.9 Å². The summed E-state index contributed by atoms with van der Waals surface area (Å²) >= 11 is 3.17. The lowest BCUT2D eigenvalue weighted by Crippen LogP contribution is -2.10. The minimum Gasteiger partial charge on any atom is -0.325 e. The van der Waals surface area contributed by atoms with E-state index >= 15 is 0 Å². The summed E-state index contributed by atoms with van der Waals surface area (Å²) in [4.78, 5) is 25.6. The second-order valence-corrected chi connectivity index (χ2v) is 3.34. The molecule has 0 atom stereocenters. The van der Waals surface area contributed by atoms with Crippen LogP contribution in [0.15, 0.2) is 34.3 Å². The summed E-state index contributed by atoms with van der Waals surface area (Å²) in [7, 11) is 0. The summed E-state index contributed by atoms with van der Waals surface area (Å²) in [5, 5.41) is 0. The van der Waals surface area contributed by atoms with Gasteiger partial charge in [0, 0.05) is 24.2 Å². The molecule has 0 amide bonds. The molecule has 5 nitrogen and oxygen atoms in total. The number of halogens is 1. The van der Waals surface area contributed by atoms with Crippen LogP contribution in [0, 0.1) is 0 Å². The Kier molecular flexibility index (Phi) is 2.36. The summed E-state index contributed by atoms with van der Waals surface area (Å²) < 4.78 is 0.566. The fourth-order valence-corrected chi connectivity index (χ4v) is 1.29. The van der Waals surface area contributed by atoms with Crippen LogP contribution in [0.3, 0.4) is 0 Å². The molecule has 0 saturated heterocycles. The highest BCUT2D eigenvalue weighted by Gasteiger charge is 2.05. The van der Waals surface area contributed by atoms with Gasteiger partial charge in [-0.05, 0) is 15.9 Å². The van der Waals surface area contributed by atoms with E-state index in [1.807, 2.05) is 0 Å². The number of aromatic amines is 1. The summed E-state index contributed by atoms with van der Waals surface area (Å²) in [6.07, 6.45) is 5.96. The third-order valence-corrected chi connectivity index (χ3v) is 2.00. The van der Waals surface area contributed by atoms with Crippen molar-refractivity contribution >= 4 is 15.9 Å². The molecule has 6 heteroatoms. The fourth-order valence-electron chi connectivity index (χ4n) is 1.00. The first kappa shape index (κ1) is 9.01. The Labute approximate surface area is 87.4 Å². The molecular weight excluding hydrogens is 248 g/mol. The van der Waals surface area contributed by atoms with E-state index in [0.717, 1.165) is 0 Å². The average Bonchev–Trinajstić information content (AvgIpc) is 2.23. The van der Waals surface area contributed by atoms with Gasteiger partial charge in [-0.3, -0.25) is 4.79 Å². The van der Waals surface area contributed by atoms with Crippen molar-refractivity contribution in [2.24, 2.45) is 0 Å². The molecule has 0 aliphatic heterocycles. The van der Waals surface area contributed by atoms with Crippen molar-refractivity contribution in [3.05, 3.63) is 39.9 Å². The Morgan fingerprint density at radius 2 is 2.00 bits per heavy atom. The smallest absolute Gasteiger partial charge is 0.274 e. The number of H-pyrrole nitrogens is 1. The minimum atomic E-state index is -0.261. The molecular formula is C8H5BrN4O. The number of nitrogens with one attached hydrogen (secondary N) is 1. The van der Waals surface area contributed by atoms with Crippen LogP contribution in [0.25, 0.3) is 11.3 Å². The van der Waals surface area contributed by atoms with Crippen LogP contribution in [0.5, 0.6) is 0 Å². The molecule has 2 rings (SSSR count). The number of aromatic nitrogens is 4. The van der Waals surface area contributed by atoms with Gasteiger partial charge in [-0.1, -0.05) is 0 Å². The van der Waals surface area contributed by atoms with Gasteiger partial charge in [0.1, 0.15) is 16.6 Å². The molecule has 0 radical (unpaired) electrons. The zero-order chi connectivity index (χ0) is 9.97. The van der Waals surface area contributed by atoms with Gasteiger partial charge in [-0.15, -0.1) is 0 Å². The van der Waals surface area contributed by atoms with Crippen molar-refractivity contribution in [2.45, 2.75) is 0 Å². The van der Waals surface area contributed by atoms with Gasteiger partial charge >= 0.3 is 0 Å². The molecule has 0 bridgehead atoms. The summed E-state index contributed by atoms with van der Waals surface area (Å²) in [5.74, 6) is 0. The highest BCUT2D eigenvalue weighted by molar-refractivity contribution is 9.10. The maximum absolute atomic E-state index is 11.4. The van der Waals surface area contributed by atoms with Gasteiger partial charge in [0.05, 0.1) is 0 Å². The Morgan fingerprint density at radius 1 is 1.29 bits per heavy atom. The second kappa shape index (κ2) is 3.67. The van der Waals surface area contributed by atoms with Crippen LogP contribution in [0.1, 0.15) is 0 Å². The Balaban J connectivity index is 2.63. The van der Waals surface area contributed by atoms with Gasteiger partial charge in [0.2, 0.25) is 0 Å². The van der Waals surface area contributed by atoms with Crippen LogP contribution < -0.4 is 5.56 Å². The largest absolute Gasteiger partial charge is 0.325 e. The third kappa shape index (κ3) is 1.69. The van der Waals surface area contributed by atoms with E-state index in [-0.39, 0.29) is 5.56 Å². The molecule has 14 heavy (non-hydrogen) atoms. The van der Waals surface area contributed by atoms with Crippen molar-refractivity contribution < 1.29 is 0 Å². The zero-order valence-electron chi connectivity index (χ0n) is 6.94. The summed E-state index contributed by atoms with van der Waals surface area (Å²) in [6, 6.07) is 0. The zero-order valence-corrected chi connectivity index (χ0v) is 8.52.